The Balaban J connectivity index is 1.39. The van der Waals surface area contributed by atoms with Crippen molar-refractivity contribution in [2.24, 2.45) is 0 Å². The number of rotatable bonds is 12. The van der Waals surface area contributed by atoms with E-state index in [2.05, 4.69) is 31.2 Å². The summed E-state index contributed by atoms with van der Waals surface area (Å²) in [6, 6.07) is 24.3. The number of carbonyl (C=O) groups is 1. The van der Waals surface area contributed by atoms with E-state index >= 15 is 0 Å². The van der Waals surface area contributed by atoms with Crippen LogP contribution in [0.5, 0.6) is 11.5 Å². The number of thiocarbonyl (C=S) groups is 1. The molecular weight excluding hydrogens is 583 g/mol. The SMILES string of the molecule is CCCCSc1ccc(-c2nn(-c3ccccc3)cc2C=C2SC(=S)N(CCc3ccc(OC)c(OC)c3)C2=O)cc1. The summed E-state index contributed by atoms with van der Waals surface area (Å²) < 4.78 is 13.2. The van der Waals surface area contributed by atoms with Crippen LogP contribution in [0.25, 0.3) is 23.0 Å². The average Bonchev–Trinajstić information content (AvgIpc) is 3.56. The standard InChI is InChI=1S/C33H33N3O3S3/c1-4-5-19-41-27-14-12-24(13-15-27)31-25(22-36(34-31)26-9-7-6-8-10-26)21-30-32(37)35(33(40)42-30)18-17-23-11-16-28(38-2)29(20-23)39-3/h6-16,20-22H,4-5,17-19H2,1-3H3. The lowest BCUT2D eigenvalue weighted by atomic mass is 10.1. The number of nitrogens with zero attached hydrogens (tertiary/aromatic N) is 3. The summed E-state index contributed by atoms with van der Waals surface area (Å²) in [5, 5.41) is 4.94. The molecule has 0 atom stereocenters. The molecule has 1 aliphatic heterocycles. The van der Waals surface area contributed by atoms with Gasteiger partial charge in [0.05, 0.1) is 30.5 Å². The van der Waals surface area contributed by atoms with Crippen molar-refractivity contribution >= 4 is 52.0 Å². The molecule has 4 aromatic rings. The molecule has 0 saturated carbocycles. The van der Waals surface area contributed by atoms with E-state index in [1.165, 1.54) is 29.5 Å². The van der Waals surface area contributed by atoms with Crippen molar-refractivity contribution in [3.05, 3.63) is 95.0 Å². The molecule has 0 radical (unpaired) electrons. The molecule has 0 aliphatic carbocycles. The van der Waals surface area contributed by atoms with Gasteiger partial charge in [-0.2, -0.15) is 5.10 Å². The Labute approximate surface area is 261 Å². The fourth-order valence-electron chi connectivity index (χ4n) is 4.58. The summed E-state index contributed by atoms with van der Waals surface area (Å²) in [4.78, 5) is 17.0. The molecule has 42 heavy (non-hydrogen) atoms. The third-order valence-corrected chi connectivity index (χ3v) is 9.37. The quantitative estimate of drug-likeness (QED) is 0.0695. The minimum Gasteiger partial charge on any atom is -0.493 e. The molecule has 5 rings (SSSR count). The Hall–Kier alpha value is -3.53. The highest BCUT2D eigenvalue weighted by molar-refractivity contribution is 8.26. The largest absolute Gasteiger partial charge is 0.493 e. The smallest absolute Gasteiger partial charge is 0.266 e. The van der Waals surface area contributed by atoms with Gasteiger partial charge >= 0.3 is 0 Å². The second-order valence-corrected chi connectivity index (χ2v) is 12.6. The monoisotopic (exact) mass is 615 g/mol. The zero-order valence-corrected chi connectivity index (χ0v) is 26.4. The normalized spacial score (nSPS) is 14.2. The van der Waals surface area contributed by atoms with Gasteiger partial charge in [-0.15, -0.1) is 11.8 Å². The van der Waals surface area contributed by atoms with Crippen molar-refractivity contribution in [3.63, 3.8) is 0 Å². The first-order valence-electron chi connectivity index (χ1n) is 13.8. The lowest BCUT2D eigenvalue weighted by Crippen LogP contribution is -2.30. The van der Waals surface area contributed by atoms with Crippen LogP contribution in [0, 0.1) is 0 Å². The number of hydrogen-bond donors (Lipinski definition) is 0. The van der Waals surface area contributed by atoms with E-state index < -0.39 is 0 Å². The molecule has 2 heterocycles. The van der Waals surface area contributed by atoms with Gasteiger partial charge in [0, 0.05) is 28.8 Å². The van der Waals surface area contributed by atoms with Crippen LogP contribution >= 0.6 is 35.7 Å². The average molecular weight is 616 g/mol. The number of thioether (sulfide) groups is 2. The molecule has 216 valence electrons. The maximum Gasteiger partial charge on any atom is 0.266 e. The maximum absolute atomic E-state index is 13.5. The zero-order chi connectivity index (χ0) is 29.5. The van der Waals surface area contributed by atoms with E-state index in [1.807, 2.05) is 77.2 Å². The van der Waals surface area contributed by atoms with Gasteiger partial charge in [-0.05, 0) is 66.6 Å². The summed E-state index contributed by atoms with van der Waals surface area (Å²) in [7, 11) is 3.23. The highest BCUT2D eigenvalue weighted by atomic mass is 32.2. The van der Waals surface area contributed by atoms with Crippen LogP contribution in [0.15, 0.2) is 88.8 Å². The lowest BCUT2D eigenvalue weighted by Gasteiger charge is -2.15. The summed E-state index contributed by atoms with van der Waals surface area (Å²) in [6.45, 7) is 2.69. The van der Waals surface area contributed by atoms with Crippen molar-refractivity contribution in [1.82, 2.24) is 14.7 Å². The van der Waals surface area contributed by atoms with Crippen molar-refractivity contribution in [1.29, 1.82) is 0 Å². The molecule has 1 fully saturated rings. The van der Waals surface area contributed by atoms with E-state index in [4.69, 9.17) is 26.8 Å². The van der Waals surface area contributed by atoms with Crippen LogP contribution in [-0.4, -0.2) is 51.4 Å². The van der Waals surface area contributed by atoms with Crippen LogP contribution < -0.4 is 9.47 Å². The highest BCUT2D eigenvalue weighted by Crippen LogP contribution is 2.36. The minimum absolute atomic E-state index is 0.0911. The fraction of sp³-hybridized carbons (Fsp3) is 0.242. The number of aromatic nitrogens is 2. The van der Waals surface area contributed by atoms with E-state index in [1.54, 1.807) is 19.1 Å². The van der Waals surface area contributed by atoms with Crippen molar-refractivity contribution < 1.29 is 14.3 Å². The molecule has 9 heteroatoms. The number of carbonyl (C=O) groups excluding carboxylic acids is 1. The van der Waals surface area contributed by atoms with Crippen molar-refractivity contribution in [2.75, 3.05) is 26.5 Å². The summed E-state index contributed by atoms with van der Waals surface area (Å²) >= 11 is 8.84. The molecular formula is C33H33N3O3S3. The highest BCUT2D eigenvalue weighted by Gasteiger charge is 2.32. The first-order chi connectivity index (χ1) is 20.5. The number of methoxy groups -OCH3 is 2. The van der Waals surface area contributed by atoms with Gasteiger partial charge in [-0.1, -0.05) is 73.7 Å². The second-order valence-electron chi connectivity index (χ2n) is 9.71. The van der Waals surface area contributed by atoms with Crippen LogP contribution in [0.3, 0.4) is 0 Å². The summed E-state index contributed by atoms with van der Waals surface area (Å²) in [5.41, 5.74) is 4.67. The molecule has 1 amide bonds. The van der Waals surface area contributed by atoms with Gasteiger partial charge in [0.2, 0.25) is 0 Å². The fourth-order valence-corrected chi connectivity index (χ4v) is 6.88. The Morgan fingerprint density at radius 3 is 2.48 bits per heavy atom. The van der Waals surface area contributed by atoms with Gasteiger partial charge in [0.15, 0.2) is 11.5 Å². The number of para-hydroxylation sites is 1. The van der Waals surface area contributed by atoms with E-state index in [9.17, 15) is 4.79 Å². The number of ether oxygens (including phenoxy) is 2. The Kier molecular flexibility index (Phi) is 10.0. The second kappa shape index (κ2) is 14.1. The first kappa shape index (κ1) is 29.9. The topological polar surface area (TPSA) is 56.6 Å². The molecule has 0 bridgehead atoms. The number of unbranched alkanes of at least 4 members (excludes halogenated alkanes) is 1. The zero-order valence-electron chi connectivity index (χ0n) is 23.9. The van der Waals surface area contributed by atoms with Gasteiger partial charge < -0.3 is 9.47 Å². The third kappa shape index (κ3) is 6.91. The summed E-state index contributed by atoms with van der Waals surface area (Å²) in [5.74, 6) is 2.35. The molecule has 6 nitrogen and oxygen atoms in total. The van der Waals surface area contributed by atoms with Gasteiger partial charge in [0.25, 0.3) is 5.91 Å². The predicted molar refractivity (Wildman–Crippen MR) is 178 cm³/mol. The van der Waals surface area contributed by atoms with Gasteiger partial charge in [-0.25, -0.2) is 4.68 Å². The molecule has 0 unspecified atom stereocenters. The minimum atomic E-state index is -0.0911. The lowest BCUT2D eigenvalue weighted by molar-refractivity contribution is -0.122. The van der Waals surface area contributed by atoms with Gasteiger partial charge in [-0.3, -0.25) is 9.69 Å². The first-order valence-corrected chi connectivity index (χ1v) is 16.1. The molecule has 0 spiro atoms. The van der Waals surface area contributed by atoms with Crippen molar-refractivity contribution in [3.8, 4) is 28.4 Å². The van der Waals surface area contributed by atoms with Crippen LogP contribution in [0.1, 0.15) is 30.9 Å². The third-order valence-electron chi connectivity index (χ3n) is 6.89. The number of hydrogen-bond acceptors (Lipinski definition) is 7. The van der Waals surface area contributed by atoms with Crippen LogP contribution in [0.4, 0.5) is 0 Å². The Morgan fingerprint density at radius 2 is 1.76 bits per heavy atom. The molecule has 1 aromatic heterocycles. The van der Waals surface area contributed by atoms with E-state index in [0.29, 0.717) is 33.7 Å². The molecule has 3 aromatic carbocycles. The maximum atomic E-state index is 13.5. The predicted octanol–water partition coefficient (Wildman–Crippen LogP) is 7.89. The van der Waals surface area contributed by atoms with Crippen molar-refractivity contribution in [2.45, 2.75) is 31.1 Å². The Morgan fingerprint density at radius 1 is 1.00 bits per heavy atom. The number of amides is 1. The number of benzene rings is 3. The van der Waals surface area contributed by atoms with Crippen LogP contribution in [-0.2, 0) is 11.2 Å². The van der Waals surface area contributed by atoms with E-state index in [-0.39, 0.29) is 5.91 Å². The van der Waals surface area contributed by atoms with Crippen LogP contribution in [0.2, 0.25) is 0 Å². The molecule has 0 N–H and O–H groups in total. The molecule has 1 aliphatic rings. The Bertz CT molecular complexity index is 1580. The molecule has 1 saturated heterocycles. The van der Waals surface area contributed by atoms with E-state index in [0.717, 1.165) is 33.8 Å². The van der Waals surface area contributed by atoms with Gasteiger partial charge in [0.1, 0.15) is 4.32 Å². The summed E-state index contributed by atoms with van der Waals surface area (Å²) in [6.07, 6.45) is 6.92.